The molecule has 0 bridgehead atoms. The van der Waals surface area contributed by atoms with Crippen molar-refractivity contribution in [3.05, 3.63) is 47.0 Å². The molecule has 0 radical (unpaired) electrons. The number of anilines is 2. The maximum Gasteiger partial charge on any atom is 0.321 e. The van der Waals surface area contributed by atoms with Crippen LogP contribution in [0.4, 0.5) is 15.6 Å². The minimum absolute atomic E-state index is 0.0898. The number of rotatable bonds is 3. The molecular formula is C20H21ClN4O2S. The van der Waals surface area contributed by atoms with Crippen molar-refractivity contribution in [1.29, 1.82) is 0 Å². The third-order valence-corrected chi connectivity index (χ3v) is 6.44. The van der Waals surface area contributed by atoms with E-state index in [1.807, 2.05) is 48.2 Å². The molecule has 1 N–H and O–H groups in total. The molecule has 146 valence electrons. The van der Waals surface area contributed by atoms with Gasteiger partial charge < -0.3 is 19.9 Å². The van der Waals surface area contributed by atoms with Crippen molar-refractivity contribution < 1.29 is 9.53 Å². The fraction of sp³-hybridized carbons (Fsp3) is 0.300. The second-order valence-corrected chi connectivity index (χ2v) is 8.06. The highest BCUT2D eigenvalue weighted by Gasteiger charge is 2.23. The Labute approximate surface area is 172 Å². The van der Waals surface area contributed by atoms with Gasteiger partial charge in [0.15, 0.2) is 5.13 Å². The number of aromatic nitrogens is 1. The van der Waals surface area contributed by atoms with Crippen LogP contribution in [-0.4, -0.2) is 49.2 Å². The number of ether oxygens (including phenoxy) is 1. The lowest BCUT2D eigenvalue weighted by Gasteiger charge is -2.34. The van der Waals surface area contributed by atoms with Crippen LogP contribution in [0.2, 0.25) is 5.02 Å². The van der Waals surface area contributed by atoms with Crippen molar-refractivity contribution in [2.75, 3.05) is 43.5 Å². The zero-order chi connectivity index (χ0) is 19.7. The number of halogens is 1. The number of nitrogens with one attached hydrogen (secondary N) is 1. The first-order valence-corrected chi connectivity index (χ1v) is 10.2. The SMILES string of the molecule is COc1ccc(NC(=O)N2CCN(c3nc4c(C)ccc(Cl)c4s3)CC2)cc1. The van der Waals surface area contributed by atoms with Gasteiger partial charge in [0.05, 0.1) is 22.3 Å². The predicted octanol–water partition coefficient (Wildman–Crippen LogP) is 4.62. The summed E-state index contributed by atoms with van der Waals surface area (Å²) in [5.41, 5.74) is 2.84. The van der Waals surface area contributed by atoms with Crippen molar-refractivity contribution in [3.63, 3.8) is 0 Å². The normalized spacial score (nSPS) is 14.4. The van der Waals surface area contributed by atoms with Crippen LogP contribution in [0.3, 0.4) is 0 Å². The number of hydrogen-bond donors (Lipinski definition) is 1. The van der Waals surface area contributed by atoms with Crippen molar-refractivity contribution in [3.8, 4) is 5.75 Å². The van der Waals surface area contributed by atoms with Gasteiger partial charge in [-0.25, -0.2) is 9.78 Å². The van der Waals surface area contributed by atoms with Crippen molar-refractivity contribution >= 4 is 50.0 Å². The molecule has 2 heterocycles. The van der Waals surface area contributed by atoms with Gasteiger partial charge in [0.1, 0.15) is 5.75 Å². The highest BCUT2D eigenvalue weighted by atomic mass is 35.5. The molecule has 1 aliphatic heterocycles. The molecule has 0 unspecified atom stereocenters. The number of nitrogens with zero attached hydrogens (tertiary/aromatic N) is 3. The average molecular weight is 417 g/mol. The number of aryl methyl sites for hydroxylation is 1. The van der Waals surface area contributed by atoms with Gasteiger partial charge in [-0.2, -0.15) is 0 Å². The number of benzene rings is 2. The number of carbonyl (C=O) groups excluding carboxylic acids is 1. The van der Waals surface area contributed by atoms with Gasteiger partial charge in [-0.1, -0.05) is 29.0 Å². The summed E-state index contributed by atoms with van der Waals surface area (Å²) in [6.45, 7) is 4.82. The number of urea groups is 1. The summed E-state index contributed by atoms with van der Waals surface area (Å²) < 4.78 is 6.16. The Morgan fingerprint density at radius 3 is 2.50 bits per heavy atom. The molecule has 1 aliphatic rings. The van der Waals surface area contributed by atoms with Crippen LogP contribution in [-0.2, 0) is 0 Å². The van der Waals surface area contributed by atoms with E-state index >= 15 is 0 Å². The number of piperazine rings is 1. The third kappa shape index (κ3) is 3.72. The Morgan fingerprint density at radius 1 is 1.14 bits per heavy atom. The van der Waals surface area contributed by atoms with Gasteiger partial charge in [0.2, 0.25) is 0 Å². The Hall–Kier alpha value is -2.51. The van der Waals surface area contributed by atoms with E-state index in [1.54, 1.807) is 18.4 Å². The van der Waals surface area contributed by atoms with Gasteiger partial charge in [0.25, 0.3) is 0 Å². The Bertz CT molecular complexity index is 958. The van der Waals surface area contributed by atoms with Crippen LogP contribution in [0.15, 0.2) is 36.4 Å². The van der Waals surface area contributed by atoms with Crippen LogP contribution in [0.5, 0.6) is 5.75 Å². The number of fused-ring (bicyclic) bond motifs is 1. The second-order valence-electron chi connectivity index (χ2n) is 6.67. The molecule has 6 nitrogen and oxygen atoms in total. The molecule has 4 rings (SSSR count). The summed E-state index contributed by atoms with van der Waals surface area (Å²) in [5.74, 6) is 0.762. The van der Waals surface area contributed by atoms with Crippen LogP contribution in [0.1, 0.15) is 5.56 Å². The topological polar surface area (TPSA) is 57.7 Å². The fourth-order valence-electron chi connectivity index (χ4n) is 3.20. The van der Waals surface area contributed by atoms with E-state index in [2.05, 4.69) is 10.2 Å². The maximum absolute atomic E-state index is 12.5. The van der Waals surface area contributed by atoms with Crippen LogP contribution in [0, 0.1) is 6.92 Å². The Kier molecular flexibility index (Phi) is 5.28. The van der Waals surface area contributed by atoms with Gasteiger partial charge in [-0.05, 0) is 42.8 Å². The van der Waals surface area contributed by atoms with E-state index in [4.69, 9.17) is 21.3 Å². The van der Waals surface area contributed by atoms with E-state index in [-0.39, 0.29) is 6.03 Å². The van der Waals surface area contributed by atoms with Crippen molar-refractivity contribution in [2.45, 2.75) is 6.92 Å². The van der Waals surface area contributed by atoms with E-state index in [1.165, 1.54) is 0 Å². The molecule has 8 heteroatoms. The molecule has 0 spiro atoms. The van der Waals surface area contributed by atoms with E-state index in [0.29, 0.717) is 13.1 Å². The van der Waals surface area contributed by atoms with Crippen LogP contribution in [0.25, 0.3) is 10.2 Å². The van der Waals surface area contributed by atoms with Gasteiger partial charge in [-0.15, -0.1) is 0 Å². The average Bonchev–Trinajstić information content (AvgIpc) is 3.18. The number of carbonyl (C=O) groups is 1. The zero-order valence-corrected chi connectivity index (χ0v) is 17.3. The predicted molar refractivity (Wildman–Crippen MR) is 115 cm³/mol. The molecule has 2 aromatic carbocycles. The van der Waals surface area contributed by atoms with Gasteiger partial charge >= 0.3 is 6.03 Å². The van der Waals surface area contributed by atoms with E-state index in [9.17, 15) is 4.79 Å². The maximum atomic E-state index is 12.5. The third-order valence-electron chi connectivity index (χ3n) is 4.86. The first-order valence-electron chi connectivity index (χ1n) is 9.06. The first kappa shape index (κ1) is 18.8. The van der Waals surface area contributed by atoms with Crippen molar-refractivity contribution in [1.82, 2.24) is 9.88 Å². The number of hydrogen-bond acceptors (Lipinski definition) is 5. The van der Waals surface area contributed by atoms with Crippen LogP contribution >= 0.6 is 22.9 Å². The molecular weight excluding hydrogens is 396 g/mol. The van der Waals surface area contributed by atoms with E-state index in [0.717, 1.165) is 50.5 Å². The largest absolute Gasteiger partial charge is 0.497 e. The molecule has 2 amide bonds. The molecule has 3 aromatic rings. The van der Waals surface area contributed by atoms with E-state index < -0.39 is 0 Å². The minimum atomic E-state index is -0.0898. The molecule has 28 heavy (non-hydrogen) atoms. The second kappa shape index (κ2) is 7.85. The summed E-state index contributed by atoms with van der Waals surface area (Å²) in [7, 11) is 1.62. The Morgan fingerprint density at radius 2 is 1.86 bits per heavy atom. The summed E-state index contributed by atoms with van der Waals surface area (Å²) in [6.07, 6.45) is 0. The monoisotopic (exact) mass is 416 g/mol. The summed E-state index contributed by atoms with van der Waals surface area (Å²) in [4.78, 5) is 21.4. The standard InChI is InChI=1S/C20H21ClN4O2S/c1-13-3-8-16(21)18-17(13)23-20(28-18)25-11-9-24(10-12-25)19(26)22-14-4-6-15(27-2)7-5-14/h3-8H,9-12H2,1-2H3,(H,22,26). The number of methoxy groups -OCH3 is 1. The zero-order valence-electron chi connectivity index (χ0n) is 15.7. The Balaban J connectivity index is 1.39. The highest BCUT2D eigenvalue weighted by molar-refractivity contribution is 7.22. The van der Waals surface area contributed by atoms with Gasteiger partial charge in [-0.3, -0.25) is 0 Å². The lowest BCUT2D eigenvalue weighted by molar-refractivity contribution is 0.208. The molecule has 0 saturated carbocycles. The smallest absolute Gasteiger partial charge is 0.321 e. The number of amides is 2. The molecule has 1 fully saturated rings. The molecule has 1 aromatic heterocycles. The summed E-state index contributed by atoms with van der Waals surface area (Å²) in [6, 6.07) is 11.1. The molecule has 1 saturated heterocycles. The lowest BCUT2D eigenvalue weighted by Crippen LogP contribution is -2.50. The summed E-state index contributed by atoms with van der Waals surface area (Å²) >= 11 is 7.94. The quantitative estimate of drug-likeness (QED) is 0.676. The fourth-order valence-corrected chi connectivity index (χ4v) is 4.57. The summed E-state index contributed by atoms with van der Waals surface area (Å²) in [5, 5.41) is 4.63. The first-order chi connectivity index (χ1) is 13.5. The number of thiazole rings is 1. The minimum Gasteiger partial charge on any atom is -0.497 e. The lowest BCUT2D eigenvalue weighted by atomic mass is 10.2. The highest BCUT2D eigenvalue weighted by Crippen LogP contribution is 2.35. The van der Waals surface area contributed by atoms with Crippen LogP contribution < -0.4 is 15.0 Å². The van der Waals surface area contributed by atoms with Crippen molar-refractivity contribution in [2.24, 2.45) is 0 Å². The molecule has 0 atom stereocenters. The van der Waals surface area contributed by atoms with Gasteiger partial charge in [0, 0.05) is 31.9 Å². The molecule has 0 aliphatic carbocycles.